The minimum Gasteiger partial charge on any atom is -0.466 e. The quantitative estimate of drug-likeness (QED) is 0.0244. The number of hydrogen-bond acceptors (Lipinski definition) is 5. The van der Waals surface area contributed by atoms with Gasteiger partial charge in [0, 0.05) is 12.8 Å². The lowest BCUT2D eigenvalue weighted by molar-refractivity contribution is -0.143. The van der Waals surface area contributed by atoms with Crippen molar-refractivity contribution in [1.82, 2.24) is 5.32 Å². The highest BCUT2D eigenvalue weighted by molar-refractivity contribution is 5.76. The largest absolute Gasteiger partial charge is 0.466 e. The second-order valence-corrected chi connectivity index (χ2v) is 22.1. The van der Waals surface area contributed by atoms with Gasteiger partial charge in [-0.05, 0) is 77.0 Å². The summed E-state index contributed by atoms with van der Waals surface area (Å²) in [5.74, 6) is -0.0657. The lowest BCUT2D eigenvalue weighted by atomic mass is 10.0. The number of aliphatic hydroxyl groups is 2. The summed E-state index contributed by atoms with van der Waals surface area (Å²) in [6.45, 7) is 4.89. The van der Waals surface area contributed by atoms with Gasteiger partial charge in [-0.1, -0.05) is 294 Å². The normalized spacial score (nSPS) is 12.8. The summed E-state index contributed by atoms with van der Waals surface area (Å²) < 4.78 is 5.43. The molecule has 1 amide bonds. The maximum absolute atomic E-state index is 12.5. The number of aliphatic hydroxyl groups excluding tert-OH is 2. The van der Waals surface area contributed by atoms with Gasteiger partial charge in [-0.2, -0.15) is 0 Å². The summed E-state index contributed by atoms with van der Waals surface area (Å²) in [6, 6.07) is -0.551. The fourth-order valence-electron chi connectivity index (χ4n) is 9.97. The highest BCUT2D eigenvalue weighted by atomic mass is 16.5. The van der Waals surface area contributed by atoms with Crippen LogP contribution >= 0.6 is 0 Å². The summed E-state index contributed by atoms with van der Waals surface area (Å²) in [5, 5.41) is 23.4. The van der Waals surface area contributed by atoms with E-state index in [4.69, 9.17) is 4.74 Å². The number of esters is 1. The molecular weight excluding hydrogens is 887 g/mol. The van der Waals surface area contributed by atoms with Gasteiger partial charge < -0.3 is 20.3 Å². The van der Waals surface area contributed by atoms with Gasteiger partial charge >= 0.3 is 5.97 Å². The monoisotopic (exact) mass is 1010 g/mol. The molecule has 0 spiro atoms. The van der Waals surface area contributed by atoms with Crippen LogP contribution in [0.25, 0.3) is 0 Å². The van der Waals surface area contributed by atoms with Crippen LogP contribution in [0, 0.1) is 0 Å². The molecule has 3 N–H and O–H groups in total. The lowest BCUT2D eigenvalue weighted by Gasteiger charge is -2.22. The van der Waals surface area contributed by atoms with Crippen LogP contribution in [-0.4, -0.2) is 47.4 Å². The van der Waals surface area contributed by atoms with E-state index >= 15 is 0 Å². The second-order valence-electron chi connectivity index (χ2n) is 22.1. The molecule has 0 aromatic heterocycles. The number of nitrogens with one attached hydrogen (secondary N) is 1. The van der Waals surface area contributed by atoms with Gasteiger partial charge in [-0.15, -0.1) is 0 Å². The topological polar surface area (TPSA) is 95.9 Å². The van der Waals surface area contributed by atoms with Gasteiger partial charge in [0.05, 0.1) is 25.4 Å². The number of rotatable bonds is 60. The average Bonchev–Trinajstić information content (AvgIpc) is 3.38. The Morgan fingerprint density at radius 1 is 0.389 bits per heavy atom. The summed E-state index contributed by atoms with van der Waals surface area (Å²) in [5.41, 5.74) is 0. The van der Waals surface area contributed by atoms with E-state index in [0.717, 1.165) is 70.6 Å². The van der Waals surface area contributed by atoms with E-state index < -0.39 is 12.1 Å². The third-order valence-electron chi connectivity index (χ3n) is 14.9. The molecule has 0 saturated carbocycles. The van der Waals surface area contributed by atoms with Gasteiger partial charge in [-0.25, -0.2) is 0 Å². The van der Waals surface area contributed by atoms with Crippen molar-refractivity contribution >= 4 is 11.9 Å². The summed E-state index contributed by atoms with van der Waals surface area (Å²) in [4.78, 5) is 24.5. The van der Waals surface area contributed by atoms with Crippen molar-refractivity contribution in [3.05, 3.63) is 36.5 Å². The van der Waals surface area contributed by atoms with Crippen molar-refractivity contribution in [3.8, 4) is 0 Å². The highest BCUT2D eigenvalue weighted by Gasteiger charge is 2.20. The van der Waals surface area contributed by atoms with Crippen LogP contribution < -0.4 is 5.32 Å². The molecule has 0 aliphatic rings. The maximum Gasteiger partial charge on any atom is 0.305 e. The Labute approximate surface area is 449 Å². The van der Waals surface area contributed by atoms with Crippen LogP contribution in [0.4, 0.5) is 0 Å². The van der Waals surface area contributed by atoms with Crippen LogP contribution in [0.2, 0.25) is 0 Å². The molecule has 0 rings (SSSR count). The lowest BCUT2D eigenvalue weighted by Crippen LogP contribution is -2.45. The smallest absolute Gasteiger partial charge is 0.305 e. The third-order valence-corrected chi connectivity index (χ3v) is 14.9. The Morgan fingerprint density at radius 2 is 0.708 bits per heavy atom. The first-order valence-corrected chi connectivity index (χ1v) is 32.3. The van der Waals surface area contributed by atoms with Crippen molar-refractivity contribution in [1.29, 1.82) is 0 Å². The molecule has 2 unspecified atom stereocenters. The first-order valence-electron chi connectivity index (χ1n) is 32.3. The number of allylic oxidation sites excluding steroid dienone is 6. The summed E-state index contributed by atoms with van der Waals surface area (Å²) in [6.07, 6.45) is 77.4. The van der Waals surface area contributed by atoms with E-state index in [1.54, 1.807) is 0 Å². The number of carbonyl (C=O) groups is 2. The molecule has 424 valence electrons. The molecule has 72 heavy (non-hydrogen) atoms. The predicted molar refractivity (Wildman–Crippen MR) is 315 cm³/mol. The third kappa shape index (κ3) is 57.4. The van der Waals surface area contributed by atoms with Crippen molar-refractivity contribution in [2.24, 2.45) is 0 Å². The van der Waals surface area contributed by atoms with E-state index in [-0.39, 0.29) is 18.5 Å². The maximum atomic E-state index is 12.5. The van der Waals surface area contributed by atoms with Crippen molar-refractivity contribution in [3.63, 3.8) is 0 Å². The van der Waals surface area contributed by atoms with Gasteiger partial charge in [0.25, 0.3) is 0 Å². The first kappa shape index (κ1) is 70.1. The number of hydrogen-bond donors (Lipinski definition) is 3. The number of ether oxygens (including phenoxy) is 1. The Hall–Kier alpha value is -1.92. The van der Waals surface area contributed by atoms with Crippen LogP contribution in [0.3, 0.4) is 0 Å². The van der Waals surface area contributed by atoms with Crippen molar-refractivity contribution in [2.45, 2.75) is 360 Å². The zero-order chi connectivity index (χ0) is 52.2. The number of unbranched alkanes of at least 4 members (excludes halogenated alkanes) is 44. The minimum atomic E-state index is -0.673. The summed E-state index contributed by atoms with van der Waals surface area (Å²) in [7, 11) is 0. The van der Waals surface area contributed by atoms with E-state index in [9.17, 15) is 19.8 Å². The molecule has 6 nitrogen and oxygen atoms in total. The zero-order valence-corrected chi connectivity index (χ0v) is 48.4. The Kier molecular flexibility index (Phi) is 60.0. The second kappa shape index (κ2) is 61.6. The molecule has 0 heterocycles. The van der Waals surface area contributed by atoms with E-state index in [1.165, 1.54) is 244 Å². The number of carbonyl (C=O) groups excluding carboxylic acids is 2. The van der Waals surface area contributed by atoms with Crippen molar-refractivity contribution in [2.75, 3.05) is 13.2 Å². The molecule has 2 atom stereocenters. The molecule has 0 aromatic rings. The summed E-state index contributed by atoms with van der Waals surface area (Å²) >= 11 is 0. The van der Waals surface area contributed by atoms with E-state index in [1.807, 2.05) is 0 Å². The van der Waals surface area contributed by atoms with Crippen molar-refractivity contribution < 1.29 is 24.5 Å². The highest BCUT2D eigenvalue weighted by Crippen LogP contribution is 2.18. The Balaban J connectivity index is 3.47. The first-order chi connectivity index (χ1) is 35.5. The van der Waals surface area contributed by atoms with Crippen LogP contribution in [0.15, 0.2) is 36.5 Å². The zero-order valence-electron chi connectivity index (χ0n) is 48.4. The molecule has 6 heteroatoms. The Bertz CT molecular complexity index is 1170. The molecule has 0 fully saturated rings. The van der Waals surface area contributed by atoms with Crippen LogP contribution in [-0.2, 0) is 14.3 Å². The average molecular weight is 1010 g/mol. The van der Waals surface area contributed by atoms with Gasteiger partial charge in [0.15, 0.2) is 0 Å². The molecule has 0 saturated heterocycles. The molecule has 0 aliphatic carbocycles. The fraction of sp³-hybridized carbons (Fsp3) is 0.879. The molecule has 0 radical (unpaired) electrons. The molecule has 0 bridgehead atoms. The molecular formula is C66H125NO5. The standard InChI is InChI=1S/C66H125NO5/c1-3-5-7-9-11-13-15-16-17-18-19-20-21-22-23-24-26-29-32-35-39-42-46-50-54-58-64(69)63(62-68)67-65(70)59-55-51-47-43-40-36-33-30-27-25-28-31-34-37-41-45-49-53-57-61-72-66(71)60-56-52-48-44-38-14-12-10-8-6-4-2/h10,12,31,34,37,41,63-64,68-69H,3-9,11,13-30,32-33,35-36,38-40,42-62H2,1-2H3,(H,67,70)/b12-10-,34-31-,41-37-. The Morgan fingerprint density at radius 3 is 1.11 bits per heavy atom. The molecule has 0 aromatic carbocycles. The van der Waals surface area contributed by atoms with Gasteiger partial charge in [-0.3, -0.25) is 9.59 Å². The van der Waals surface area contributed by atoms with Gasteiger partial charge in [0.1, 0.15) is 0 Å². The van der Waals surface area contributed by atoms with E-state index in [0.29, 0.717) is 25.9 Å². The minimum absolute atomic E-state index is 0.0240. The molecule has 0 aliphatic heterocycles. The predicted octanol–water partition coefficient (Wildman–Crippen LogP) is 20.4. The number of amides is 1. The van der Waals surface area contributed by atoms with Crippen LogP contribution in [0.5, 0.6) is 0 Å². The van der Waals surface area contributed by atoms with E-state index in [2.05, 4.69) is 55.6 Å². The van der Waals surface area contributed by atoms with Crippen LogP contribution in [0.1, 0.15) is 348 Å². The SMILES string of the molecule is CCCC/C=C\CCCCCCCC(=O)OCCCCC/C=C\C=C/CCCCCCCCCCCCC(=O)NC(CO)C(O)CCCCCCCCCCCCCCCCCCCCCCCCCCC. The fourth-order valence-corrected chi connectivity index (χ4v) is 9.97. The van der Waals surface area contributed by atoms with Gasteiger partial charge in [0.2, 0.25) is 5.91 Å².